The van der Waals surface area contributed by atoms with Crippen LogP contribution in [0.2, 0.25) is 0 Å². The van der Waals surface area contributed by atoms with Crippen LogP contribution < -0.4 is 20.1 Å². The molecule has 0 fully saturated rings. The Balaban J connectivity index is 1.88. The first-order valence-electron chi connectivity index (χ1n) is 11.0. The molecule has 0 radical (unpaired) electrons. The molecule has 4 rings (SSSR count). The van der Waals surface area contributed by atoms with Gasteiger partial charge in [-0.2, -0.15) is 5.26 Å². The number of hydrogen-bond donors (Lipinski definition) is 2. The average Bonchev–Trinajstić information content (AvgIpc) is 3.20. The zero-order valence-electron chi connectivity index (χ0n) is 19.7. The van der Waals surface area contributed by atoms with E-state index in [-0.39, 0.29) is 31.7 Å². The minimum Gasteiger partial charge on any atom is -0.478 e. The van der Waals surface area contributed by atoms with Crippen LogP contribution in [-0.2, 0) is 4.79 Å². The van der Waals surface area contributed by atoms with Crippen molar-refractivity contribution >= 4 is 46.2 Å². The van der Waals surface area contributed by atoms with Gasteiger partial charge in [-0.1, -0.05) is 17.7 Å². The first-order valence-corrected chi connectivity index (χ1v) is 11.8. The van der Waals surface area contributed by atoms with Gasteiger partial charge in [0.2, 0.25) is 0 Å². The number of nitro groups is 1. The van der Waals surface area contributed by atoms with Gasteiger partial charge in [-0.25, -0.2) is 4.79 Å². The quantitative estimate of drug-likeness (QED) is 0.289. The second-order valence-corrected chi connectivity index (χ2v) is 9.09. The normalized spacial score (nSPS) is 11.9. The lowest BCUT2D eigenvalue weighted by Gasteiger charge is -2.06. The summed E-state index contributed by atoms with van der Waals surface area (Å²) in [6, 6.07) is 19.9. The molecule has 188 valence electrons. The number of thiazole rings is 1. The van der Waals surface area contributed by atoms with Crippen LogP contribution >= 0.6 is 11.3 Å². The molecule has 10 nitrogen and oxygen atoms in total. The van der Waals surface area contributed by atoms with Gasteiger partial charge in [-0.3, -0.25) is 24.3 Å². The van der Waals surface area contributed by atoms with E-state index in [9.17, 15) is 29.8 Å². The van der Waals surface area contributed by atoms with Gasteiger partial charge in [0.15, 0.2) is 5.57 Å². The first kappa shape index (κ1) is 25.7. The standard InChI is InChI=1S/C27H18N4O6S/c1-16-2-10-20(11-3-16)30-25(33)23(14-17-4-12-21(13-5-17)31(36)37)38-26(30)22(15-28)24(32)29-19-8-6-18(7-9-19)27(34)35/h2-14H,1H3,(H,29,32)(H,34,35)/b23-14-,26-22-. The fraction of sp³-hybridized carbons (Fsp3) is 0.0370. The lowest BCUT2D eigenvalue weighted by molar-refractivity contribution is -0.384. The van der Waals surface area contributed by atoms with Gasteiger partial charge in [0.05, 0.1) is 20.7 Å². The van der Waals surface area contributed by atoms with E-state index in [0.29, 0.717) is 11.3 Å². The van der Waals surface area contributed by atoms with Crippen LogP contribution in [0.3, 0.4) is 0 Å². The van der Waals surface area contributed by atoms with Crippen LogP contribution in [0.4, 0.5) is 11.4 Å². The van der Waals surface area contributed by atoms with Crippen LogP contribution in [-0.4, -0.2) is 26.5 Å². The van der Waals surface area contributed by atoms with Crippen molar-refractivity contribution in [3.05, 3.63) is 119 Å². The maximum atomic E-state index is 13.5. The Morgan fingerprint density at radius 2 is 1.68 bits per heavy atom. The van der Waals surface area contributed by atoms with Crippen LogP contribution in [0.15, 0.2) is 77.6 Å². The largest absolute Gasteiger partial charge is 0.478 e. The summed E-state index contributed by atoms with van der Waals surface area (Å²) in [5, 5.41) is 32.5. The van der Waals surface area contributed by atoms with E-state index in [4.69, 9.17) is 5.11 Å². The SMILES string of the molecule is Cc1ccc(-n2c(=O)/c(=C/c3ccc([N+](=O)[O-])cc3)s/c2=C(/C#N)C(=O)Nc2ccc(C(=O)O)cc2)cc1. The third kappa shape index (κ3) is 5.40. The smallest absolute Gasteiger partial charge is 0.335 e. The van der Waals surface area contributed by atoms with Crippen LogP contribution in [0, 0.1) is 28.4 Å². The van der Waals surface area contributed by atoms with Crippen molar-refractivity contribution in [2.45, 2.75) is 6.92 Å². The molecule has 1 heterocycles. The van der Waals surface area contributed by atoms with Crippen molar-refractivity contribution in [2.75, 3.05) is 5.32 Å². The van der Waals surface area contributed by atoms with Gasteiger partial charge in [0.25, 0.3) is 17.2 Å². The zero-order chi connectivity index (χ0) is 27.4. The number of benzene rings is 3. The molecule has 0 atom stereocenters. The zero-order valence-corrected chi connectivity index (χ0v) is 20.6. The molecular weight excluding hydrogens is 508 g/mol. The van der Waals surface area contributed by atoms with Gasteiger partial charge in [-0.05, 0) is 67.1 Å². The van der Waals surface area contributed by atoms with Crippen molar-refractivity contribution in [1.29, 1.82) is 5.26 Å². The Morgan fingerprint density at radius 3 is 2.24 bits per heavy atom. The minimum atomic E-state index is -1.12. The number of carbonyl (C=O) groups is 2. The van der Waals surface area contributed by atoms with Crippen molar-refractivity contribution in [3.8, 4) is 11.8 Å². The highest BCUT2D eigenvalue weighted by Gasteiger charge is 2.18. The summed E-state index contributed by atoms with van der Waals surface area (Å²) in [5.74, 6) is -1.90. The molecule has 0 unspecified atom stereocenters. The van der Waals surface area contributed by atoms with Gasteiger partial charge < -0.3 is 10.4 Å². The molecular formula is C27H18N4O6S. The lowest BCUT2D eigenvalue weighted by Crippen LogP contribution is -2.32. The van der Waals surface area contributed by atoms with E-state index < -0.39 is 22.4 Å². The average molecular weight is 527 g/mol. The number of carboxylic acid groups (broad SMARTS) is 1. The van der Waals surface area contributed by atoms with E-state index >= 15 is 0 Å². The lowest BCUT2D eigenvalue weighted by atomic mass is 10.2. The minimum absolute atomic E-state index is 0.0328. The number of nitro benzene ring substituents is 1. The molecule has 1 aromatic heterocycles. The molecule has 2 N–H and O–H groups in total. The number of carboxylic acids is 1. The van der Waals surface area contributed by atoms with E-state index in [1.165, 1.54) is 59.2 Å². The number of nitrogens with zero attached hydrogens (tertiary/aromatic N) is 3. The second-order valence-electron chi connectivity index (χ2n) is 8.06. The van der Waals surface area contributed by atoms with Crippen LogP contribution in [0.1, 0.15) is 21.5 Å². The van der Waals surface area contributed by atoms with Gasteiger partial charge in [0, 0.05) is 17.8 Å². The number of hydrogen-bond acceptors (Lipinski definition) is 7. The molecule has 11 heteroatoms. The molecule has 0 aliphatic rings. The molecule has 38 heavy (non-hydrogen) atoms. The summed E-state index contributed by atoms with van der Waals surface area (Å²) in [6.07, 6.45) is 1.53. The summed E-state index contributed by atoms with van der Waals surface area (Å²) in [6.45, 7) is 1.88. The number of nitriles is 1. The van der Waals surface area contributed by atoms with Gasteiger partial charge >= 0.3 is 5.97 Å². The van der Waals surface area contributed by atoms with Crippen LogP contribution in [0.5, 0.6) is 0 Å². The summed E-state index contributed by atoms with van der Waals surface area (Å²) in [7, 11) is 0. The Labute approximate surface area is 218 Å². The van der Waals surface area contributed by atoms with E-state index in [1.807, 2.05) is 13.0 Å². The summed E-state index contributed by atoms with van der Waals surface area (Å²) >= 11 is 0.931. The van der Waals surface area contributed by atoms with Crippen molar-refractivity contribution in [3.63, 3.8) is 0 Å². The maximum absolute atomic E-state index is 13.5. The highest BCUT2D eigenvalue weighted by molar-refractivity contribution is 7.07. The van der Waals surface area contributed by atoms with Crippen LogP contribution in [0.25, 0.3) is 17.3 Å². The van der Waals surface area contributed by atoms with Gasteiger partial charge in [0.1, 0.15) is 10.7 Å². The Kier molecular flexibility index (Phi) is 7.27. The molecule has 0 aliphatic carbocycles. The molecule has 0 saturated heterocycles. The molecule has 1 amide bonds. The number of nitrogens with one attached hydrogen (secondary N) is 1. The van der Waals surface area contributed by atoms with Crippen molar-refractivity contribution < 1.29 is 19.6 Å². The fourth-order valence-electron chi connectivity index (χ4n) is 3.51. The Hall–Kier alpha value is -5.34. The first-order chi connectivity index (χ1) is 18.2. The van der Waals surface area contributed by atoms with Crippen molar-refractivity contribution in [1.82, 2.24) is 4.57 Å². The number of aryl methyl sites for hydroxylation is 1. The number of rotatable bonds is 6. The topological polar surface area (TPSA) is 155 Å². The molecule has 0 saturated carbocycles. The highest BCUT2D eigenvalue weighted by atomic mass is 32.1. The van der Waals surface area contributed by atoms with E-state index in [2.05, 4.69) is 5.32 Å². The number of carbonyl (C=O) groups excluding carboxylic acids is 1. The number of anilines is 1. The molecule has 0 aliphatic heterocycles. The monoisotopic (exact) mass is 526 g/mol. The van der Waals surface area contributed by atoms with E-state index in [0.717, 1.165) is 16.9 Å². The fourth-order valence-corrected chi connectivity index (χ4v) is 4.61. The molecule has 4 aromatic rings. The number of amides is 1. The number of aromatic nitrogens is 1. The maximum Gasteiger partial charge on any atom is 0.335 e. The second kappa shape index (κ2) is 10.7. The summed E-state index contributed by atoms with van der Waals surface area (Å²) < 4.78 is 1.57. The van der Waals surface area contributed by atoms with Gasteiger partial charge in [-0.15, -0.1) is 11.3 Å². The number of aromatic carboxylic acids is 1. The molecule has 0 spiro atoms. The predicted molar refractivity (Wildman–Crippen MR) is 142 cm³/mol. The molecule has 3 aromatic carbocycles. The predicted octanol–water partition coefficient (Wildman–Crippen LogP) is 2.96. The molecule has 0 bridgehead atoms. The highest BCUT2D eigenvalue weighted by Crippen LogP contribution is 2.14. The number of non-ortho nitro benzene ring substituents is 1. The third-order valence-corrected chi connectivity index (χ3v) is 6.55. The Morgan fingerprint density at radius 1 is 1.05 bits per heavy atom. The van der Waals surface area contributed by atoms with E-state index in [1.54, 1.807) is 24.3 Å². The summed E-state index contributed by atoms with van der Waals surface area (Å²) in [4.78, 5) is 48.1. The van der Waals surface area contributed by atoms with Crippen molar-refractivity contribution in [2.24, 2.45) is 0 Å². The third-order valence-electron chi connectivity index (χ3n) is 5.46. The summed E-state index contributed by atoms with van der Waals surface area (Å²) in [5.41, 5.74) is 1.33. The Bertz CT molecular complexity index is 1780.